The smallest absolute Gasteiger partial charge is 0.270 e. The molecule has 0 aliphatic carbocycles. The normalized spacial score (nSPS) is 9.95. The summed E-state index contributed by atoms with van der Waals surface area (Å²) >= 11 is 3.19. The first-order valence-electron chi connectivity index (χ1n) is 5.76. The number of carbonyl (C=O) groups is 2. The van der Waals surface area contributed by atoms with Crippen molar-refractivity contribution in [3.8, 4) is 0 Å². The van der Waals surface area contributed by atoms with E-state index in [0.717, 1.165) is 0 Å². The maximum absolute atomic E-state index is 12.2. The molecule has 0 aliphatic heterocycles. The van der Waals surface area contributed by atoms with Crippen molar-refractivity contribution < 1.29 is 14.5 Å². The summed E-state index contributed by atoms with van der Waals surface area (Å²) < 4.78 is 0.472. The highest BCUT2D eigenvalue weighted by Gasteiger charge is 2.19. The number of non-ortho nitro benzene ring substituents is 1. The lowest BCUT2D eigenvalue weighted by Gasteiger charge is -2.17. The quantitative estimate of drug-likeness (QED) is 0.648. The predicted octanol–water partition coefficient (Wildman–Crippen LogP) is 1.57. The number of hydrogen-bond donors (Lipinski definition) is 1. The van der Waals surface area contributed by atoms with Crippen LogP contribution in [0.3, 0.4) is 0 Å². The van der Waals surface area contributed by atoms with Gasteiger partial charge in [0.2, 0.25) is 5.91 Å². The van der Waals surface area contributed by atoms with Gasteiger partial charge in [-0.05, 0) is 22.0 Å². The van der Waals surface area contributed by atoms with Crippen LogP contribution in [-0.2, 0) is 4.79 Å². The summed E-state index contributed by atoms with van der Waals surface area (Å²) in [4.78, 5) is 34.8. The summed E-state index contributed by atoms with van der Waals surface area (Å²) in [5.41, 5.74) is 0.0369. The molecule has 2 amide bonds. The minimum Gasteiger partial charge on any atom is -0.359 e. The molecule has 1 aromatic carbocycles. The van der Waals surface area contributed by atoms with E-state index in [1.165, 1.54) is 37.2 Å². The van der Waals surface area contributed by atoms with Crippen LogP contribution in [0.2, 0.25) is 0 Å². The second-order valence-corrected chi connectivity index (χ2v) is 4.93. The molecular weight excluding hydrogens is 330 g/mol. The first-order chi connectivity index (χ1) is 9.36. The Morgan fingerprint density at radius 3 is 2.65 bits per heavy atom. The molecule has 0 saturated carbocycles. The Bertz CT molecular complexity index is 548. The van der Waals surface area contributed by atoms with Crippen LogP contribution in [-0.4, -0.2) is 42.3 Å². The molecule has 0 bridgehead atoms. The van der Waals surface area contributed by atoms with Gasteiger partial charge in [0.1, 0.15) is 0 Å². The predicted molar refractivity (Wildman–Crippen MR) is 76.4 cm³/mol. The fourth-order valence-electron chi connectivity index (χ4n) is 1.49. The van der Waals surface area contributed by atoms with Gasteiger partial charge in [0.05, 0.1) is 10.5 Å². The molecule has 8 heteroatoms. The molecule has 0 aliphatic rings. The molecule has 0 fully saturated rings. The van der Waals surface area contributed by atoms with E-state index in [4.69, 9.17) is 0 Å². The average Bonchev–Trinajstić information content (AvgIpc) is 2.43. The number of amides is 2. The molecule has 0 aromatic heterocycles. The van der Waals surface area contributed by atoms with Gasteiger partial charge >= 0.3 is 0 Å². The summed E-state index contributed by atoms with van der Waals surface area (Å²) in [6, 6.07) is 3.98. The molecule has 0 radical (unpaired) electrons. The van der Waals surface area contributed by atoms with Gasteiger partial charge < -0.3 is 10.2 Å². The number of nitrogens with one attached hydrogen (secondary N) is 1. The van der Waals surface area contributed by atoms with Crippen molar-refractivity contribution in [1.29, 1.82) is 0 Å². The fraction of sp³-hybridized carbons (Fsp3) is 0.333. The molecule has 0 unspecified atom stereocenters. The number of nitro benzene ring substituents is 1. The van der Waals surface area contributed by atoms with E-state index in [1.807, 2.05) is 0 Å². The van der Waals surface area contributed by atoms with Crippen molar-refractivity contribution in [2.24, 2.45) is 0 Å². The lowest BCUT2D eigenvalue weighted by atomic mass is 10.1. The average molecular weight is 344 g/mol. The third-order valence-corrected chi connectivity index (χ3v) is 3.38. The zero-order valence-electron chi connectivity index (χ0n) is 11.1. The summed E-state index contributed by atoms with van der Waals surface area (Å²) in [7, 11) is 3.05. The van der Waals surface area contributed by atoms with Crippen LogP contribution in [0.25, 0.3) is 0 Å². The standard InChI is InChI=1S/C12H14BrN3O4/c1-14-11(17)5-6-15(2)12(18)9-7-8(16(19)20)3-4-10(9)13/h3-4,7H,5-6H2,1-2H3,(H,14,17). The second-order valence-electron chi connectivity index (χ2n) is 4.07. The minimum absolute atomic E-state index is 0.156. The molecule has 7 nitrogen and oxygen atoms in total. The fourth-order valence-corrected chi connectivity index (χ4v) is 1.91. The van der Waals surface area contributed by atoms with Gasteiger partial charge in [0, 0.05) is 43.7 Å². The van der Waals surface area contributed by atoms with Crippen LogP contribution in [0.5, 0.6) is 0 Å². The van der Waals surface area contributed by atoms with Crippen LogP contribution in [0.4, 0.5) is 5.69 Å². The van der Waals surface area contributed by atoms with Crippen molar-refractivity contribution in [3.05, 3.63) is 38.3 Å². The minimum atomic E-state index is -0.562. The second kappa shape index (κ2) is 6.99. The number of benzene rings is 1. The Balaban J connectivity index is 2.88. The maximum atomic E-state index is 12.2. The van der Waals surface area contributed by atoms with Crippen LogP contribution < -0.4 is 5.32 Å². The van der Waals surface area contributed by atoms with Crippen LogP contribution in [0, 0.1) is 10.1 Å². The van der Waals surface area contributed by atoms with Crippen molar-refractivity contribution in [2.45, 2.75) is 6.42 Å². The van der Waals surface area contributed by atoms with Crippen molar-refractivity contribution >= 4 is 33.4 Å². The van der Waals surface area contributed by atoms with E-state index in [9.17, 15) is 19.7 Å². The molecule has 0 heterocycles. The zero-order chi connectivity index (χ0) is 15.3. The number of hydrogen-bond acceptors (Lipinski definition) is 4. The van der Waals surface area contributed by atoms with E-state index in [-0.39, 0.29) is 36.0 Å². The van der Waals surface area contributed by atoms with E-state index in [2.05, 4.69) is 21.2 Å². The van der Waals surface area contributed by atoms with Gasteiger partial charge in [-0.15, -0.1) is 0 Å². The Morgan fingerprint density at radius 2 is 2.10 bits per heavy atom. The van der Waals surface area contributed by atoms with E-state index in [1.54, 1.807) is 0 Å². The number of carbonyl (C=O) groups excluding carboxylic acids is 2. The largest absolute Gasteiger partial charge is 0.359 e. The monoisotopic (exact) mass is 343 g/mol. The zero-order valence-corrected chi connectivity index (χ0v) is 12.6. The first kappa shape index (κ1) is 16.1. The molecule has 1 aromatic rings. The molecule has 0 atom stereocenters. The summed E-state index contributed by atoms with van der Waals surface area (Å²) in [6.07, 6.45) is 0.172. The number of nitro groups is 1. The van der Waals surface area contributed by atoms with Crippen molar-refractivity contribution in [2.75, 3.05) is 20.6 Å². The van der Waals surface area contributed by atoms with Gasteiger partial charge in [-0.25, -0.2) is 0 Å². The van der Waals surface area contributed by atoms with E-state index < -0.39 is 4.92 Å². The number of nitrogens with zero attached hydrogens (tertiary/aromatic N) is 2. The van der Waals surface area contributed by atoms with E-state index in [0.29, 0.717) is 4.47 Å². The van der Waals surface area contributed by atoms with Gasteiger partial charge in [0.25, 0.3) is 11.6 Å². The molecule has 108 valence electrons. The SMILES string of the molecule is CNC(=O)CCN(C)C(=O)c1cc([N+](=O)[O-])ccc1Br. The maximum Gasteiger partial charge on any atom is 0.270 e. The summed E-state index contributed by atoms with van der Waals surface area (Å²) in [5.74, 6) is -0.563. The summed E-state index contributed by atoms with van der Waals surface area (Å²) in [6.45, 7) is 0.230. The first-order valence-corrected chi connectivity index (χ1v) is 6.56. The molecule has 1 rings (SSSR count). The highest BCUT2D eigenvalue weighted by atomic mass is 79.9. The molecule has 1 N–H and O–H groups in total. The highest BCUT2D eigenvalue weighted by Crippen LogP contribution is 2.23. The number of rotatable bonds is 5. The van der Waals surface area contributed by atoms with Gasteiger partial charge in [-0.3, -0.25) is 19.7 Å². The third kappa shape index (κ3) is 4.02. The Hall–Kier alpha value is -1.96. The molecular formula is C12H14BrN3O4. The van der Waals surface area contributed by atoms with Gasteiger partial charge in [-0.1, -0.05) is 0 Å². The van der Waals surface area contributed by atoms with E-state index >= 15 is 0 Å². The molecule has 0 spiro atoms. The third-order valence-electron chi connectivity index (χ3n) is 2.69. The Morgan fingerprint density at radius 1 is 1.45 bits per heavy atom. The van der Waals surface area contributed by atoms with Crippen LogP contribution >= 0.6 is 15.9 Å². The van der Waals surface area contributed by atoms with Crippen molar-refractivity contribution in [1.82, 2.24) is 10.2 Å². The van der Waals surface area contributed by atoms with Crippen LogP contribution in [0.15, 0.2) is 22.7 Å². The molecule has 0 saturated heterocycles. The Labute approximate surface area is 124 Å². The van der Waals surface area contributed by atoms with Crippen LogP contribution in [0.1, 0.15) is 16.8 Å². The topological polar surface area (TPSA) is 92.6 Å². The Kier molecular flexibility index (Phi) is 5.63. The lowest BCUT2D eigenvalue weighted by Crippen LogP contribution is -2.31. The van der Waals surface area contributed by atoms with Crippen molar-refractivity contribution in [3.63, 3.8) is 0 Å². The van der Waals surface area contributed by atoms with Gasteiger partial charge in [-0.2, -0.15) is 0 Å². The molecule has 20 heavy (non-hydrogen) atoms. The van der Waals surface area contributed by atoms with Gasteiger partial charge in [0.15, 0.2) is 0 Å². The summed E-state index contributed by atoms with van der Waals surface area (Å²) in [5, 5.41) is 13.2. The lowest BCUT2D eigenvalue weighted by molar-refractivity contribution is -0.384. The highest BCUT2D eigenvalue weighted by molar-refractivity contribution is 9.10. The number of halogens is 1.